The van der Waals surface area contributed by atoms with Crippen molar-refractivity contribution in [3.8, 4) is 0 Å². The fourth-order valence-electron chi connectivity index (χ4n) is 3.40. The molecular weight excluding hydrogens is 336 g/mol. The molecule has 2 aliphatic rings. The number of hydrogen-bond donors (Lipinski definition) is 2. The van der Waals surface area contributed by atoms with Crippen LogP contribution >= 0.6 is 0 Å². The van der Waals surface area contributed by atoms with Crippen LogP contribution in [0.3, 0.4) is 0 Å². The van der Waals surface area contributed by atoms with E-state index < -0.39 is 37.0 Å². The third kappa shape index (κ3) is 3.40. The summed E-state index contributed by atoms with van der Waals surface area (Å²) in [5.41, 5.74) is 1.68. The maximum absolute atomic E-state index is 9.85. The number of benzene rings is 2. The van der Waals surface area contributed by atoms with E-state index in [1.807, 2.05) is 60.7 Å². The number of aliphatic hydroxyl groups is 2. The first-order chi connectivity index (χ1) is 12.8. The topological polar surface area (TPSA) is 77.4 Å². The molecule has 0 radical (unpaired) electrons. The monoisotopic (exact) mass is 358 g/mol. The van der Waals surface area contributed by atoms with Crippen LogP contribution in [0.4, 0.5) is 0 Å². The van der Waals surface area contributed by atoms with Crippen molar-refractivity contribution >= 4 is 0 Å². The SMILES string of the molecule is OC[C@@H]1O[C@H](c2ccccc2)O[C@H]2[C@@H]1O[C@@H](c1ccccc1)O[C@H]2CO. The Balaban J connectivity index is 1.59. The zero-order valence-electron chi connectivity index (χ0n) is 14.2. The summed E-state index contributed by atoms with van der Waals surface area (Å²) in [4.78, 5) is 0. The van der Waals surface area contributed by atoms with Crippen LogP contribution in [0.5, 0.6) is 0 Å². The lowest BCUT2D eigenvalue weighted by atomic mass is 9.99. The van der Waals surface area contributed by atoms with Crippen molar-refractivity contribution < 1.29 is 29.2 Å². The highest BCUT2D eigenvalue weighted by Gasteiger charge is 2.49. The van der Waals surface area contributed by atoms with Gasteiger partial charge in [-0.3, -0.25) is 0 Å². The van der Waals surface area contributed by atoms with E-state index >= 15 is 0 Å². The van der Waals surface area contributed by atoms with Gasteiger partial charge in [0.05, 0.1) is 13.2 Å². The van der Waals surface area contributed by atoms with Crippen molar-refractivity contribution in [1.82, 2.24) is 0 Å². The van der Waals surface area contributed by atoms with E-state index in [9.17, 15) is 10.2 Å². The Kier molecular flexibility index (Phi) is 5.31. The van der Waals surface area contributed by atoms with Gasteiger partial charge >= 0.3 is 0 Å². The summed E-state index contributed by atoms with van der Waals surface area (Å²) in [5.74, 6) is 0. The van der Waals surface area contributed by atoms with E-state index in [4.69, 9.17) is 18.9 Å². The molecule has 138 valence electrons. The summed E-state index contributed by atoms with van der Waals surface area (Å²) in [7, 11) is 0. The summed E-state index contributed by atoms with van der Waals surface area (Å²) in [6.07, 6.45) is -3.55. The molecule has 2 fully saturated rings. The molecule has 0 unspecified atom stereocenters. The molecule has 0 aromatic heterocycles. The molecule has 2 aliphatic heterocycles. The highest BCUT2D eigenvalue weighted by Crippen LogP contribution is 2.40. The number of rotatable bonds is 4. The summed E-state index contributed by atoms with van der Waals surface area (Å²) in [5, 5.41) is 19.7. The summed E-state index contributed by atoms with van der Waals surface area (Å²) in [6, 6.07) is 19.0. The minimum Gasteiger partial charge on any atom is -0.394 e. The molecule has 4 rings (SSSR count). The second-order valence-corrected chi connectivity index (χ2v) is 6.40. The van der Waals surface area contributed by atoms with Crippen LogP contribution in [0.25, 0.3) is 0 Å². The Morgan fingerprint density at radius 1 is 0.577 bits per heavy atom. The highest BCUT2D eigenvalue weighted by molar-refractivity contribution is 5.18. The van der Waals surface area contributed by atoms with E-state index in [-0.39, 0.29) is 13.2 Å². The Morgan fingerprint density at radius 3 is 1.31 bits per heavy atom. The van der Waals surface area contributed by atoms with E-state index in [1.54, 1.807) is 0 Å². The van der Waals surface area contributed by atoms with Gasteiger partial charge in [0.2, 0.25) is 0 Å². The molecule has 0 saturated carbocycles. The molecule has 2 heterocycles. The van der Waals surface area contributed by atoms with Crippen LogP contribution in [0.2, 0.25) is 0 Å². The van der Waals surface area contributed by atoms with Crippen molar-refractivity contribution in [1.29, 1.82) is 0 Å². The van der Waals surface area contributed by atoms with Gasteiger partial charge in [-0.25, -0.2) is 0 Å². The van der Waals surface area contributed by atoms with Crippen LogP contribution in [-0.4, -0.2) is 47.8 Å². The van der Waals surface area contributed by atoms with Crippen LogP contribution in [-0.2, 0) is 18.9 Å². The second-order valence-electron chi connectivity index (χ2n) is 6.40. The molecule has 0 aliphatic carbocycles. The zero-order chi connectivity index (χ0) is 17.9. The van der Waals surface area contributed by atoms with Gasteiger partial charge in [-0.15, -0.1) is 0 Å². The molecule has 2 aromatic carbocycles. The van der Waals surface area contributed by atoms with E-state index in [2.05, 4.69) is 0 Å². The smallest absolute Gasteiger partial charge is 0.184 e. The van der Waals surface area contributed by atoms with Crippen molar-refractivity contribution in [2.75, 3.05) is 13.2 Å². The first-order valence-corrected chi connectivity index (χ1v) is 8.73. The van der Waals surface area contributed by atoms with Gasteiger partial charge < -0.3 is 29.2 Å². The number of fused-ring (bicyclic) bond motifs is 1. The van der Waals surface area contributed by atoms with E-state index in [0.29, 0.717) is 0 Å². The summed E-state index contributed by atoms with van der Waals surface area (Å²) < 4.78 is 24.0. The average molecular weight is 358 g/mol. The molecular formula is C20H22O6. The summed E-state index contributed by atoms with van der Waals surface area (Å²) >= 11 is 0. The maximum atomic E-state index is 9.85. The Bertz CT molecular complexity index is 632. The molecule has 6 nitrogen and oxygen atoms in total. The first kappa shape index (κ1) is 17.6. The van der Waals surface area contributed by atoms with Gasteiger partial charge in [0.25, 0.3) is 0 Å². The number of ether oxygens (including phenoxy) is 4. The lowest BCUT2D eigenvalue weighted by molar-refractivity contribution is -0.387. The predicted molar refractivity (Wildman–Crippen MR) is 92.0 cm³/mol. The van der Waals surface area contributed by atoms with Gasteiger partial charge in [-0.05, 0) is 0 Å². The standard InChI is InChI=1S/C20H22O6/c21-11-15-18-17(25-19(23-15)13-7-3-1-4-8-13)16(12-22)24-20(26-18)14-9-5-2-6-10-14/h1-10,15-22H,11-12H2/t15-,16-,17+,18+,19-,20-/m0/s1. The second kappa shape index (κ2) is 7.84. The van der Waals surface area contributed by atoms with Crippen LogP contribution in [0, 0.1) is 0 Å². The Morgan fingerprint density at radius 2 is 0.962 bits per heavy atom. The van der Waals surface area contributed by atoms with Crippen molar-refractivity contribution in [2.45, 2.75) is 37.0 Å². The van der Waals surface area contributed by atoms with Crippen LogP contribution < -0.4 is 0 Å². The third-order valence-corrected chi connectivity index (χ3v) is 4.72. The fraction of sp³-hybridized carbons (Fsp3) is 0.400. The molecule has 6 heteroatoms. The molecule has 0 bridgehead atoms. The Labute approximate surface area is 151 Å². The zero-order valence-corrected chi connectivity index (χ0v) is 14.2. The molecule has 0 spiro atoms. The quantitative estimate of drug-likeness (QED) is 0.870. The van der Waals surface area contributed by atoms with Crippen molar-refractivity contribution in [3.63, 3.8) is 0 Å². The summed E-state index contributed by atoms with van der Waals surface area (Å²) in [6.45, 7) is -0.430. The highest BCUT2D eigenvalue weighted by atomic mass is 16.8. The number of aliphatic hydroxyl groups excluding tert-OH is 2. The van der Waals surface area contributed by atoms with E-state index in [1.165, 1.54) is 0 Å². The van der Waals surface area contributed by atoms with Gasteiger partial charge in [-0.1, -0.05) is 60.7 Å². The molecule has 2 N–H and O–H groups in total. The minimum atomic E-state index is -0.649. The van der Waals surface area contributed by atoms with Gasteiger partial charge in [-0.2, -0.15) is 0 Å². The fourth-order valence-corrected chi connectivity index (χ4v) is 3.40. The molecule has 6 atom stereocenters. The van der Waals surface area contributed by atoms with E-state index in [0.717, 1.165) is 11.1 Å². The predicted octanol–water partition coefficient (Wildman–Crippen LogP) is 1.94. The van der Waals surface area contributed by atoms with Crippen molar-refractivity contribution in [2.24, 2.45) is 0 Å². The minimum absolute atomic E-state index is 0.215. The maximum Gasteiger partial charge on any atom is 0.184 e. The van der Waals surface area contributed by atoms with Crippen molar-refractivity contribution in [3.05, 3.63) is 71.8 Å². The third-order valence-electron chi connectivity index (χ3n) is 4.72. The molecule has 0 amide bonds. The van der Waals surface area contributed by atoms with Gasteiger partial charge in [0.1, 0.15) is 24.4 Å². The van der Waals surface area contributed by atoms with Crippen LogP contribution in [0.1, 0.15) is 23.7 Å². The molecule has 26 heavy (non-hydrogen) atoms. The van der Waals surface area contributed by atoms with Gasteiger partial charge in [0.15, 0.2) is 12.6 Å². The molecule has 2 saturated heterocycles. The van der Waals surface area contributed by atoms with Gasteiger partial charge in [0, 0.05) is 11.1 Å². The number of hydrogen-bond acceptors (Lipinski definition) is 6. The largest absolute Gasteiger partial charge is 0.394 e. The first-order valence-electron chi connectivity index (χ1n) is 8.73. The molecule has 2 aromatic rings. The lowest BCUT2D eigenvalue weighted by Crippen LogP contribution is -2.59. The Hall–Kier alpha value is -1.80. The van der Waals surface area contributed by atoms with Crippen LogP contribution in [0.15, 0.2) is 60.7 Å². The average Bonchev–Trinajstić information content (AvgIpc) is 2.73. The lowest BCUT2D eigenvalue weighted by Gasteiger charge is -2.48. The normalized spacial score (nSPS) is 34.2.